The van der Waals surface area contributed by atoms with E-state index < -0.39 is 0 Å². The number of hydrogen-bond acceptors (Lipinski definition) is 4. The molecule has 1 aromatic heterocycles. The van der Waals surface area contributed by atoms with Crippen molar-refractivity contribution in [2.24, 2.45) is 0 Å². The van der Waals surface area contributed by atoms with Crippen LogP contribution in [0.2, 0.25) is 0 Å². The molecule has 1 atom stereocenters. The third-order valence-corrected chi connectivity index (χ3v) is 4.99. The highest BCUT2D eigenvalue weighted by Gasteiger charge is 2.28. The van der Waals surface area contributed by atoms with Gasteiger partial charge in [-0.3, -0.25) is 4.79 Å². The summed E-state index contributed by atoms with van der Waals surface area (Å²) in [5.41, 5.74) is 1.50. The summed E-state index contributed by atoms with van der Waals surface area (Å²) in [6.07, 6.45) is 5.95. The van der Waals surface area contributed by atoms with Gasteiger partial charge < -0.3 is 19.5 Å². The first-order valence-electron chi connectivity index (χ1n) is 9.23. The Morgan fingerprint density at radius 3 is 2.77 bits per heavy atom. The second-order valence-corrected chi connectivity index (χ2v) is 7.23. The lowest BCUT2D eigenvalue weighted by atomic mass is 9.96. The highest BCUT2D eigenvalue weighted by atomic mass is 16.3. The smallest absolute Gasteiger partial charge is 0.253 e. The minimum absolute atomic E-state index is 0.00410. The maximum absolute atomic E-state index is 12.8. The van der Waals surface area contributed by atoms with Crippen molar-refractivity contribution in [3.8, 4) is 0 Å². The average Bonchev–Trinajstić information content (AvgIpc) is 3.14. The van der Waals surface area contributed by atoms with Crippen molar-refractivity contribution < 1.29 is 9.90 Å². The predicted molar refractivity (Wildman–Crippen MR) is 101 cm³/mol. The van der Waals surface area contributed by atoms with E-state index in [1.54, 1.807) is 12.1 Å². The molecule has 1 aromatic carbocycles. The van der Waals surface area contributed by atoms with Crippen LogP contribution in [-0.2, 0) is 13.2 Å². The minimum Gasteiger partial charge on any atom is -0.392 e. The highest BCUT2D eigenvalue weighted by Crippen LogP contribution is 2.27. The number of aliphatic hydroxyl groups is 1. The molecule has 0 unspecified atom stereocenters. The van der Waals surface area contributed by atoms with E-state index in [1.807, 2.05) is 29.4 Å². The Bertz CT molecular complexity index is 724. The summed E-state index contributed by atoms with van der Waals surface area (Å²) in [5, 5.41) is 9.15. The fourth-order valence-corrected chi connectivity index (χ4v) is 3.49. The van der Waals surface area contributed by atoms with Crippen LogP contribution in [-0.4, -0.2) is 64.1 Å². The van der Waals surface area contributed by atoms with Gasteiger partial charge >= 0.3 is 0 Å². The summed E-state index contributed by atoms with van der Waals surface area (Å²) in [6, 6.07) is 7.22. The van der Waals surface area contributed by atoms with Gasteiger partial charge in [0.15, 0.2) is 0 Å². The van der Waals surface area contributed by atoms with Gasteiger partial charge in [-0.05, 0) is 44.6 Å². The van der Waals surface area contributed by atoms with E-state index in [4.69, 9.17) is 5.11 Å². The Kier molecular flexibility index (Phi) is 6.06. The average molecular weight is 356 g/mol. The number of carbonyl (C=O) groups is 1. The number of aliphatic hydroxyl groups excluding tert-OH is 1. The quantitative estimate of drug-likeness (QED) is 0.859. The van der Waals surface area contributed by atoms with Gasteiger partial charge in [0.25, 0.3) is 5.91 Å². The monoisotopic (exact) mass is 356 g/mol. The molecule has 26 heavy (non-hydrogen) atoms. The molecule has 1 N–H and O–H groups in total. The summed E-state index contributed by atoms with van der Waals surface area (Å²) in [5.74, 6) is 1.42. The van der Waals surface area contributed by atoms with Crippen molar-refractivity contribution in [3.05, 3.63) is 53.6 Å². The van der Waals surface area contributed by atoms with Crippen molar-refractivity contribution in [2.75, 3.05) is 33.7 Å². The third kappa shape index (κ3) is 4.31. The number of likely N-dealkylation sites (tertiary alicyclic amines) is 1. The summed E-state index contributed by atoms with van der Waals surface area (Å²) >= 11 is 0. The van der Waals surface area contributed by atoms with E-state index in [1.165, 1.54) is 0 Å². The summed E-state index contributed by atoms with van der Waals surface area (Å²) < 4.78 is 2.22. The Hall–Kier alpha value is -2.18. The van der Waals surface area contributed by atoms with Crippen molar-refractivity contribution in [2.45, 2.75) is 31.9 Å². The molecular weight excluding hydrogens is 328 g/mol. The maximum atomic E-state index is 12.8. The van der Waals surface area contributed by atoms with Crippen LogP contribution in [0.1, 0.15) is 40.5 Å². The number of piperidine rings is 1. The molecule has 6 heteroatoms. The van der Waals surface area contributed by atoms with Crippen LogP contribution >= 0.6 is 0 Å². The molecule has 1 fully saturated rings. The fraction of sp³-hybridized carbons (Fsp3) is 0.500. The number of amides is 1. The molecule has 1 aliphatic rings. The number of likely N-dealkylation sites (N-methyl/N-ethyl adjacent to an activating group) is 1. The molecule has 0 bridgehead atoms. The fourth-order valence-electron chi connectivity index (χ4n) is 3.49. The summed E-state index contributed by atoms with van der Waals surface area (Å²) in [6.45, 7) is 3.37. The Morgan fingerprint density at radius 1 is 1.31 bits per heavy atom. The molecule has 6 nitrogen and oxygen atoms in total. The maximum Gasteiger partial charge on any atom is 0.253 e. The summed E-state index contributed by atoms with van der Waals surface area (Å²) in [4.78, 5) is 21.5. The number of nitrogens with zero attached hydrogens (tertiary/aromatic N) is 4. The van der Waals surface area contributed by atoms with E-state index in [0.717, 1.165) is 43.9 Å². The SMILES string of the molecule is CN(C)CCn1ccnc1[C@H]1CCCN(C(=O)c2ccc(CO)cc2)C1. The zero-order valence-corrected chi connectivity index (χ0v) is 15.6. The Morgan fingerprint density at radius 2 is 2.08 bits per heavy atom. The number of benzene rings is 1. The molecule has 2 heterocycles. The van der Waals surface area contributed by atoms with Gasteiger partial charge in [0.1, 0.15) is 5.82 Å². The van der Waals surface area contributed by atoms with E-state index in [0.29, 0.717) is 12.1 Å². The first-order chi connectivity index (χ1) is 12.6. The molecular formula is C20H28N4O2. The number of rotatable bonds is 6. The lowest BCUT2D eigenvalue weighted by Crippen LogP contribution is -2.39. The van der Waals surface area contributed by atoms with Gasteiger partial charge in [-0.2, -0.15) is 0 Å². The van der Waals surface area contributed by atoms with Gasteiger partial charge in [-0.15, -0.1) is 0 Å². The second-order valence-electron chi connectivity index (χ2n) is 7.23. The van der Waals surface area contributed by atoms with Gasteiger partial charge in [-0.25, -0.2) is 4.98 Å². The lowest BCUT2D eigenvalue weighted by Gasteiger charge is -2.33. The predicted octanol–water partition coefficient (Wildman–Crippen LogP) is 1.96. The van der Waals surface area contributed by atoms with Crippen LogP contribution in [0, 0.1) is 0 Å². The van der Waals surface area contributed by atoms with E-state index in [2.05, 4.69) is 28.5 Å². The molecule has 3 rings (SSSR count). The first kappa shape index (κ1) is 18.6. The first-order valence-corrected chi connectivity index (χ1v) is 9.23. The Labute approximate surface area is 155 Å². The molecule has 0 aliphatic carbocycles. The highest BCUT2D eigenvalue weighted by molar-refractivity contribution is 5.94. The van der Waals surface area contributed by atoms with Crippen molar-refractivity contribution in [1.29, 1.82) is 0 Å². The molecule has 1 amide bonds. The van der Waals surface area contributed by atoms with Crippen LogP contribution in [0.3, 0.4) is 0 Å². The van der Waals surface area contributed by atoms with Gasteiger partial charge in [0.05, 0.1) is 6.61 Å². The van der Waals surface area contributed by atoms with Crippen molar-refractivity contribution in [3.63, 3.8) is 0 Å². The molecule has 1 aliphatic heterocycles. The minimum atomic E-state index is -0.00410. The van der Waals surface area contributed by atoms with Crippen molar-refractivity contribution in [1.82, 2.24) is 19.4 Å². The topological polar surface area (TPSA) is 61.6 Å². The molecule has 1 saturated heterocycles. The molecule has 0 radical (unpaired) electrons. The number of imidazole rings is 1. The van der Waals surface area contributed by atoms with E-state index in [-0.39, 0.29) is 18.4 Å². The van der Waals surface area contributed by atoms with Crippen LogP contribution in [0.25, 0.3) is 0 Å². The molecule has 2 aromatic rings. The van der Waals surface area contributed by atoms with Crippen LogP contribution in [0.15, 0.2) is 36.7 Å². The zero-order chi connectivity index (χ0) is 18.5. The summed E-state index contributed by atoms with van der Waals surface area (Å²) in [7, 11) is 4.14. The second kappa shape index (κ2) is 8.47. The van der Waals surface area contributed by atoms with Gasteiger partial charge in [0.2, 0.25) is 0 Å². The normalized spacial score (nSPS) is 17.7. The molecule has 140 valence electrons. The van der Waals surface area contributed by atoms with Crippen molar-refractivity contribution >= 4 is 5.91 Å². The standard InChI is InChI=1S/C20H28N4O2/c1-22(2)12-13-23-11-9-21-19(23)18-4-3-10-24(14-18)20(26)17-7-5-16(15-25)6-8-17/h5-9,11,18,25H,3-4,10,12-15H2,1-2H3/t18-/m0/s1. The third-order valence-electron chi connectivity index (χ3n) is 4.99. The van der Waals surface area contributed by atoms with Gasteiger partial charge in [-0.1, -0.05) is 12.1 Å². The van der Waals surface area contributed by atoms with Crippen LogP contribution in [0.5, 0.6) is 0 Å². The number of carbonyl (C=O) groups excluding carboxylic acids is 1. The Balaban J connectivity index is 1.69. The zero-order valence-electron chi connectivity index (χ0n) is 15.6. The van der Waals surface area contributed by atoms with E-state index >= 15 is 0 Å². The van der Waals surface area contributed by atoms with Crippen LogP contribution in [0.4, 0.5) is 0 Å². The molecule has 0 spiro atoms. The number of aromatic nitrogens is 2. The van der Waals surface area contributed by atoms with Gasteiger partial charge in [0, 0.05) is 50.1 Å². The van der Waals surface area contributed by atoms with E-state index in [9.17, 15) is 4.79 Å². The number of hydrogen-bond donors (Lipinski definition) is 1. The van der Waals surface area contributed by atoms with Crippen LogP contribution < -0.4 is 0 Å². The lowest BCUT2D eigenvalue weighted by molar-refractivity contribution is 0.0703. The molecule has 0 saturated carbocycles. The largest absolute Gasteiger partial charge is 0.392 e.